The van der Waals surface area contributed by atoms with Crippen molar-refractivity contribution < 1.29 is 14.3 Å². The number of amides is 1. The average molecular weight is 294 g/mol. The van der Waals surface area contributed by atoms with Gasteiger partial charge in [0, 0.05) is 18.7 Å². The molecule has 5 nitrogen and oxygen atoms in total. The first-order chi connectivity index (χ1) is 9.68. The Bertz CT molecular complexity index is 461. The van der Waals surface area contributed by atoms with Crippen LogP contribution in [0, 0.1) is 0 Å². The number of anilines is 1. The highest BCUT2D eigenvalue weighted by Gasteiger charge is 2.28. The number of hydrogen-bond acceptors (Lipinski definition) is 4. The summed E-state index contributed by atoms with van der Waals surface area (Å²) in [5, 5.41) is 0. The predicted molar refractivity (Wildman–Crippen MR) is 80.8 cm³/mol. The minimum absolute atomic E-state index is 0.118. The Morgan fingerprint density at radius 2 is 2.10 bits per heavy atom. The zero-order valence-corrected chi connectivity index (χ0v) is 12.0. The van der Waals surface area contributed by atoms with E-state index >= 15 is 0 Å². The Hall–Kier alpha value is -1.50. The van der Waals surface area contributed by atoms with E-state index in [1.807, 2.05) is 30.3 Å². The molecule has 1 unspecified atom stereocenters. The van der Waals surface area contributed by atoms with Gasteiger partial charge in [0.2, 0.25) is 0 Å². The lowest BCUT2D eigenvalue weighted by atomic mass is 10.2. The smallest absolute Gasteiger partial charge is 0.258 e. The summed E-state index contributed by atoms with van der Waals surface area (Å²) in [5.41, 5.74) is 6.34. The monoisotopic (exact) mass is 294 g/mol. The van der Waals surface area contributed by atoms with Gasteiger partial charge >= 0.3 is 0 Å². The fourth-order valence-electron chi connectivity index (χ4n) is 2.00. The molecule has 1 aliphatic rings. The Morgan fingerprint density at radius 3 is 2.70 bits per heavy atom. The number of nitrogens with zero attached hydrogens (tertiary/aromatic N) is 1. The maximum absolute atomic E-state index is 12.5. The summed E-state index contributed by atoms with van der Waals surface area (Å²) in [6, 6.07) is 9.42. The normalized spacial score (nSPS) is 18.5. The van der Waals surface area contributed by atoms with Gasteiger partial charge in [-0.15, -0.1) is 0 Å². The van der Waals surface area contributed by atoms with Crippen LogP contribution >= 0.6 is 12.2 Å². The number of carbonyl (C=O) groups is 1. The van der Waals surface area contributed by atoms with Gasteiger partial charge in [0.1, 0.15) is 0 Å². The number of rotatable bonds is 5. The highest BCUT2D eigenvalue weighted by molar-refractivity contribution is 7.80. The molecule has 0 spiro atoms. The van der Waals surface area contributed by atoms with Crippen LogP contribution in [0.3, 0.4) is 0 Å². The van der Waals surface area contributed by atoms with Gasteiger partial charge in [0.05, 0.1) is 24.8 Å². The second-order valence-electron chi connectivity index (χ2n) is 4.48. The standard InChI is InChI=1S/C14H18N2O3S/c15-13(20)6-7-16(11-4-2-1-3-5-11)14(17)12-10-18-8-9-19-12/h1-5,12H,6-10H2,(H2,15,20). The molecule has 1 fully saturated rings. The molecule has 1 heterocycles. The molecule has 1 atom stereocenters. The molecule has 0 aliphatic carbocycles. The van der Waals surface area contributed by atoms with Crippen molar-refractivity contribution in [3.63, 3.8) is 0 Å². The molecular weight excluding hydrogens is 276 g/mol. The van der Waals surface area contributed by atoms with Crippen LogP contribution in [-0.4, -0.2) is 43.4 Å². The molecule has 6 heteroatoms. The SMILES string of the molecule is NC(=S)CCN(C(=O)C1COCCO1)c1ccccc1. The lowest BCUT2D eigenvalue weighted by molar-refractivity contribution is -0.144. The summed E-state index contributed by atoms with van der Waals surface area (Å²) in [4.78, 5) is 14.6. The average Bonchev–Trinajstić information content (AvgIpc) is 2.49. The highest BCUT2D eigenvalue weighted by atomic mass is 32.1. The van der Waals surface area contributed by atoms with Crippen LogP contribution in [0.4, 0.5) is 5.69 Å². The molecule has 1 aromatic rings. The van der Waals surface area contributed by atoms with E-state index in [-0.39, 0.29) is 12.5 Å². The molecule has 0 radical (unpaired) electrons. The van der Waals surface area contributed by atoms with Crippen molar-refractivity contribution in [1.29, 1.82) is 0 Å². The molecule has 2 rings (SSSR count). The van der Waals surface area contributed by atoms with E-state index in [4.69, 9.17) is 27.4 Å². The van der Waals surface area contributed by atoms with E-state index in [1.165, 1.54) is 0 Å². The van der Waals surface area contributed by atoms with Gasteiger partial charge in [-0.3, -0.25) is 4.79 Å². The van der Waals surface area contributed by atoms with Gasteiger partial charge in [0.15, 0.2) is 6.10 Å². The molecular formula is C14H18N2O3S. The van der Waals surface area contributed by atoms with Crippen LogP contribution in [0.2, 0.25) is 0 Å². The third-order valence-corrected chi connectivity index (χ3v) is 3.21. The summed E-state index contributed by atoms with van der Waals surface area (Å²) in [6.07, 6.45) is -0.0842. The quantitative estimate of drug-likeness (QED) is 0.824. The molecule has 0 bridgehead atoms. The van der Waals surface area contributed by atoms with E-state index in [2.05, 4.69) is 0 Å². The number of nitrogens with two attached hydrogens (primary N) is 1. The van der Waals surface area contributed by atoms with Crippen molar-refractivity contribution in [1.82, 2.24) is 0 Å². The minimum Gasteiger partial charge on any atom is -0.393 e. The van der Waals surface area contributed by atoms with E-state index in [0.717, 1.165) is 5.69 Å². The fraction of sp³-hybridized carbons (Fsp3) is 0.429. The number of hydrogen-bond donors (Lipinski definition) is 1. The zero-order chi connectivity index (χ0) is 14.4. The Balaban J connectivity index is 2.12. The van der Waals surface area contributed by atoms with Crippen molar-refractivity contribution in [2.45, 2.75) is 12.5 Å². The second kappa shape index (κ2) is 7.33. The maximum Gasteiger partial charge on any atom is 0.258 e. The van der Waals surface area contributed by atoms with Crippen LogP contribution in [0.25, 0.3) is 0 Å². The second-order valence-corrected chi connectivity index (χ2v) is 5.00. The number of thiocarbonyl (C=S) groups is 1. The van der Waals surface area contributed by atoms with Crippen LogP contribution in [0.1, 0.15) is 6.42 Å². The minimum atomic E-state index is -0.560. The first-order valence-electron chi connectivity index (χ1n) is 6.52. The molecule has 2 N–H and O–H groups in total. The molecule has 1 aliphatic heterocycles. The summed E-state index contributed by atoms with van der Waals surface area (Å²) in [5.74, 6) is -0.118. The molecule has 1 amide bonds. The number of ether oxygens (including phenoxy) is 2. The first kappa shape index (κ1) is 14.9. The van der Waals surface area contributed by atoms with Crippen molar-refractivity contribution in [3.8, 4) is 0 Å². The van der Waals surface area contributed by atoms with Crippen molar-refractivity contribution >= 4 is 28.8 Å². The van der Waals surface area contributed by atoms with Gasteiger partial charge in [-0.05, 0) is 12.1 Å². The van der Waals surface area contributed by atoms with Crippen molar-refractivity contribution in [3.05, 3.63) is 30.3 Å². The van der Waals surface area contributed by atoms with E-state index in [9.17, 15) is 4.79 Å². The number of carbonyl (C=O) groups excluding carboxylic acids is 1. The first-order valence-corrected chi connectivity index (χ1v) is 6.93. The Kier molecular flexibility index (Phi) is 5.46. The van der Waals surface area contributed by atoms with Crippen molar-refractivity contribution in [2.24, 2.45) is 5.73 Å². The van der Waals surface area contributed by atoms with Gasteiger partial charge < -0.3 is 20.1 Å². The van der Waals surface area contributed by atoms with E-state index in [0.29, 0.717) is 31.2 Å². The van der Waals surface area contributed by atoms with Crippen LogP contribution in [-0.2, 0) is 14.3 Å². The van der Waals surface area contributed by atoms with E-state index < -0.39 is 6.10 Å². The largest absolute Gasteiger partial charge is 0.393 e. The maximum atomic E-state index is 12.5. The molecule has 108 valence electrons. The summed E-state index contributed by atoms with van der Waals surface area (Å²) < 4.78 is 10.8. The van der Waals surface area contributed by atoms with Gasteiger partial charge in [-0.2, -0.15) is 0 Å². The topological polar surface area (TPSA) is 64.8 Å². The predicted octanol–water partition coefficient (Wildman–Crippen LogP) is 1.11. The van der Waals surface area contributed by atoms with Gasteiger partial charge in [0.25, 0.3) is 5.91 Å². The molecule has 20 heavy (non-hydrogen) atoms. The lowest BCUT2D eigenvalue weighted by Gasteiger charge is -2.29. The highest BCUT2D eigenvalue weighted by Crippen LogP contribution is 2.17. The number of benzene rings is 1. The lowest BCUT2D eigenvalue weighted by Crippen LogP contribution is -2.46. The summed E-state index contributed by atoms with van der Waals surface area (Å²) in [7, 11) is 0. The Morgan fingerprint density at radius 1 is 1.35 bits per heavy atom. The Labute approximate surface area is 123 Å². The summed E-state index contributed by atoms with van der Waals surface area (Å²) in [6.45, 7) is 1.70. The fourth-order valence-corrected chi connectivity index (χ4v) is 2.09. The molecule has 0 aromatic heterocycles. The van der Waals surface area contributed by atoms with Crippen LogP contribution in [0.15, 0.2) is 30.3 Å². The molecule has 0 saturated carbocycles. The third-order valence-electron chi connectivity index (χ3n) is 3.01. The van der Waals surface area contributed by atoms with Gasteiger partial charge in [-0.1, -0.05) is 30.4 Å². The van der Waals surface area contributed by atoms with E-state index in [1.54, 1.807) is 4.90 Å². The van der Waals surface area contributed by atoms with Crippen LogP contribution in [0.5, 0.6) is 0 Å². The molecule has 1 aromatic carbocycles. The zero-order valence-electron chi connectivity index (χ0n) is 11.2. The third kappa shape index (κ3) is 4.00. The number of para-hydroxylation sites is 1. The summed E-state index contributed by atoms with van der Waals surface area (Å²) >= 11 is 4.89. The van der Waals surface area contributed by atoms with Crippen molar-refractivity contribution in [2.75, 3.05) is 31.3 Å². The van der Waals surface area contributed by atoms with Crippen LogP contribution < -0.4 is 10.6 Å². The molecule has 1 saturated heterocycles. The van der Waals surface area contributed by atoms with Gasteiger partial charge in [-0.25, -0.2) is 0 Å².